The molecule has 0 saturated heterocycles. The maximum absolute atomic E-state index is 12.9. The number of H-pyrrole nitrogens is 1. The van der Waals surface area contributed by atoms with Crippen LogP contribution in [0.5, 0.6) is 5.75 Å². The molecule has 8 heteroatoms. The van der Waals surface area contributed by atoms with E-state index in [-0.39, 0.29) is 24.3 Å². The van der Waals surface area contributed by atoms with E-state index in [0.717, 1.165) is 4.47 Å². The van der Waals surface area contributed by atoms with Crippen LogP contribution in [-0.2, 0) is 4.79 Å². The molecule has 0 fully saturated rings. The fraction of sp³-hybridized carbons (Fsp3) is 0.0625. The second-order valence-corrected chi connectivity index (χ2v) is 5.72. The van der Waals surface area contributed by atoms with Crippen molar-refractivity contribution in [3.05, 3.63) is 58.8 Å². The number of nitrogens with one attached hydrogen (secondary N) is 2. The molecule has 0 unspecified atom stereocenters. The van der Waals surface area contributed by atoms with E-state index in [9.17, 15) is 9.18 Å². The number of hydrogen-bond acceptors (Lipinski definition) is 4. The lowest BCUT2D eigenvalue weighted by Gasteiger charge is -2.05. The second kappa shape index (κ2) is 7.22. The van der Waals surface area contributed by atoms with E-state index in [1.807, 2.05) is 12.1 Å². The lowest BCUT2D eigenvalue weighted by molar-refractivity contribution is -0.118. The van der Waals surface area contributed by atoms with Crippen molar-refractivity contribution in [2.24, 2.45) is 0 Å². The van der Waals surface area contributed by atoms with Gasteiger partial charge in [-0.3, -0.25) is 15.2 Å². The summed E-state index contributed by atoms with van der Waals surface area (Å²) in [6.07, 6.45) is 0. The van der Waals surface area contributed by atoms with Crippen LogP contribution in [0.3, 0.4) is 0 Å². The van der Waals surface area contributed by atoms with Gasteiger partial charge in [-0.15, -0.1) is 5.10 Å². The first kappa shape index (κ1) is 16.1. The number of anilines is 1. The number of carbonyl (C=O) groups is 1. The first-order chi connectivity index (χ1) is 11.6. The zero-order chi connectivity index (χ0) is 16.9. The van der Waals surface area contributed by atoms with E-state index in [0.29, 0.717) is 17.1 Å². The van der Waals surface area contributed by atoms with Gasteiger partial charge in [0, 0.05) is 10.0 Å². The molecule has 1 heterocycles. The van der Waals surface area contributed by atoms with Crippen LogP contribution in [0.4, 0.5) is 10.3 Å². The van der Waals surface area contributed by atoms with Crippen molar-refractivity contribution in [3.63, 3.8) is 0 Å². The van der Waals surface area contributed by atoms with Crippen LogP contribution in [0, 0.1) is 5.82 Å². The molecule has 122 valence electrons. The van der Waals surface area contributed by atoms with E-state index >= 15 is 0 Å². The van der Waals surface area contributed by atoms with Gasteiger partial charge in [0.15, 0.2) is 12.4 Å². The van der Waals surface area contributed by atoms with Gasteiger partial charge in [0.2, 0.25) is 5.95 Å². The molecule has 6 nitrogen and oxygen atoms in total. The van der Waals surface area contributed by atoms with Gasteiger partial charge in [0.05, 0.1) is 0 Å². The Morgan fingerprint density at radius 3 is 2.79 bits per heavy atom. The number of benzene rings is 2. The summed E-state index contributed by atoms with van der Waals surface area (Å²) in [5, 5.41) is 9.11. The number of rotatable bonds is 5. The number of aromatic amines is 1. The Morgan fingerprint density at radius 2 is 2.04 bits per heavy atom. The first-order valence-corrected chi connectivity index (χ1v) is 7.76. The number of aromatic nitrogens is 3. The molecule has 0 aliphatic carbocycles. The third-order valence-electron chi connectivity index (χ3n) is 3.02. The highest BCUT2D eigenvalue weighted by Crippen LogP contribution is 2.18. The maximum Gasteiger partial charge on any atom is 0.264 e. The van der Waals surface area contributed by atoms with E-state index in [2.05, 4.69) is 36.4 Å². The predicted octanol–water partition coefficient (Wildman–Crippen LogP) is 3.39. The summed E-state index contributed by atoms with van der Waals surface area (Å²) in [6.45, 7) is -0.170. The van der Waals surface area contributed by atoms with Crippen molar-refractivity contribution < 1.29 is 13.9 Å². The fourth-order valence-corrected chi connectivity index (χ4v) is 2.30. The Balaban J connectivity index is 1.58. The molecule has 0 aliphatic heterocycles. The Bertz CT molecular complexity index is 851. The number of carbonyl (C=O) groups excluding carboxylic acids is 1. The summed E-state index contributed by atoms with van der Waals surface area (Å²) >= 11 is 3.32. The van der Waals surface area contributed by atoms with Crippen molar-refractivity contribution >= 4 is 27.8 Å². The molecule has 0 atom stereocenters. The quantitative estimate of drug-likeness (QED) is 0.699. The maximum atomic E-state index is 12.9. The summed E-state index contributed by atoms with van der Waals surface area (Å²) in [5.41, 5.74) is 0.662. The summed E-state index contributed by atoms with van der Waals surface area (Å²) in [6, 6.07) is 12.9. The van der Waals surface area contributed by atoms with Gasteiger partial charge < -0.3 is 4.74 Å². The van der Waals surface area contributed by atoms with Crippen LogP contribution in [-0.4, -0.2) is 27.7 Å². The van der Waals surface area contributed by atoms with Crippen molar-refractivity contribution in [2.75, 3.05) is 11.9 Å². The highest BCUT2D eigenvalue weighted by molar-refractivity contribution is 9.10. The molecule has 0 radical (unpaired) electrons. The van der Waals surface area contributed by atoms with Gasteiger partial charge in [-0.25, -0.2) is 4.39 Å². The van der Waals surface area contributed by atoms with Gasteiger partial charge >= 0.3 is 0 Å². The van der Waals surface area contributed by atoms with Crippen LogP contribution < -0.4 is 10.1 Å². The molecular weight excluding hydrogens is 379 g/mol. The normalized spacial score (nSPS) is 10.4. The zero-order valence-corrected chi connectivity index (χ0v) is 13.9. The minimum atomic E-state index is -0.389. The molecule has 0 aliphatic rings. The highest BCUT2D eigenvalue weighted by atomic mass is 79.9. The Labute approximate surface area is 145 Å². The molecule has 0 spiro atoms. The van der Waals surface area contributed by atoms with Crippen molar-refractivity contribution in [3.8, 4) is 17.1 Å². The minimum absolute atomic E-state index is 0.122. The highest BCUT2D eigenvalue weighted by Gasteiger charge is 2.10. The summed E-state index contributed by atoms with van der Waals surface area (Å²) < 4.78 is 19.1. The molecule has 2 N–H and O–H groups in total. The predicted molar refractivity (Wildman–Crippen MR) is 90.0 cm³/mol. The van der Waals surface area contributed by atoms with Crippen LogP contribution in [0.25, 0.3) is 11.4 Å². The molecule has 0 saturated carbocycles. The van der Waals surface area contributed by atoms with Gasteiger partial charge in [-0.1, -0.05) is 22.0 Å². The van der Waals surface area contributed by atoms with Crippen molar-refractivity contribution in [2.45, 2.75) is 0 Å². The lowest BCUT2D eigenvalue weighted by Crippen LogP contribution is -2.20. The molecule has 3 aromatic rings. The van der Waals surface area contributed by atoms with Crippen LogP contribution in [0.15, 0.2) is 53.0 Å². The van der Waals surface area contributed by atoms with Crippen LogP contribution in [0.2, 0.25) is 0 Å². The number of halogens is 2. The van der Waals surface area contributed by atoms with Gasteiger partial charge in [-0.2, -0.15) is 4.98 Å². The monoisotopic (exact) mass is 390 g/mol. The third-order valence-corrected chi connectivity index (χ3v) is 3.51. The largest absolute Gasteiger partial charge is 0.484 e. The molecule has 1 aromatic heterocycles. The Hall–Kier alpha value is -2.74. The van der Waals surface area contributed by atoms with E-state index in [4.69, 9.17) is 4.74 Å². The third kappa shape index (κ3) is 4.17. The van der Waals surface area contributed by atoms with E-state index in [1.54, 1.807) is 24.3 Å². The summed E-state index contributed by atoms with van der Waals surface area (Å²) in [7, 11) is 0. The van der Waals surface area contributed by atoms with Crippen molar-refractivity contribution in [1.29, 1.82) is 0 Å². The average molecular weight is 391 g/mol. The molecule has 2 aromatic carbocycles. The van der Waals surface area contributed by atoms with Crippen LogP contribution in [0.1, 0.15) is 0 Å². The van der Waals surface area contributed by atoms with Crippen LogP contribution >= 0.6 is 15.9 Å². The zero-order valence-electron chi connectivity index (χ0n) is 12.3. The molecule has 0 bridgehead atoms. The van der Waals surface area contributed by atoms with Crippen molar-refractivity contribution in [1.82, 2.24) is 15.2 Å². The number of ether oxygens (including phenoxy) is 1. The van der Waals surface area contributed by atoms with E-state index in [1.165, 1.54) is 12.1 Å². The number of nitrogens with zero attached hydrogens (tertiary/aromatic N) is 2. The van der Waals surface area contributed by atoms with E-state index < -0.39 is 0 Å². The SMILES string of the molecule is O=C(COc1cccc(Br)c1)Nc1n[nH]c(-c2ccc(F)cc2)n1. The Morgan fingerprint density at radius 1 is 1.25 bits per heavy atom. The Kier molecular flexibility index (Phi) is 4.85. The smallest absolute Gasteiger partial charge is 0.264 e. The van der Waals surface area contributed by atoms with Gasteiger partial charge in [-0.05, 0) is 42.5 Å². The number of hydrogen-bond donors (Lipinski definition) is 2. The molecule has 24 heavy (non-hydrogen) atoms. The first-order valence-electron chi connectivity index (χ1n) is 6.97. The average Bonchev–Trinajstić information content (AvgIpc) is 3.02. The minimum Gasteiger partial charge on any atom is -0.484 e. The fourth-order valence-electron chi connectivity index (χ4n) is 1.92. The second-order valence-electron chi connectivity index (χ2n) is 4.81. The molecular formula is C16H12BrFN4O2. The van der Waals surface area contributed by atoms with Gasteiger partial charge in [0.25, 0.3) is 5.91 Å². The summed E-state index contributed by atoms with van der Waals surface area (Å²) in [4.78, 5) is 16.0. The molecule has 1 amide bonds. The number of amides is 1. The topological polar surface area (TPSA) is 79.9 Å². The van der Waals surface area contributed by atoms with Gasteiger partial charge in [0.1, 0.15) is 11.6 Å². The summed E-state index contributed by atoms with van der Waals surface area (Å²) in [5.74, 6) is 0.396. The lowest BCUT2D eigenvalue weighted by atomic mass is 10.2. The standard InChI is InChI=1S/C16H12BrFN4O2/c17-11-2-1-3-13(8-11)24-9-14(23)19-16-20-15(21-22-16)10-4-6-12(18)7-5-10/h1-8H,9H2,(H2,19,20,21,22,23). The molecule has 3 rings (SSSR count).